The number of fused-ring (bicyclic) bond motifs is 1. The minimum absolute atomic E-state index is 0.294. The van der Waals surface area contributed by atoms with Crippen molar-refractivity contribution in [1.82, 2.24) is 0 Å². The van der Waals surface area contributed by atoms with Gasteiger partial charge in [0.1, 0.15) is 11.6 Å². The van der Waals surface area contributed by atoms with Crippen molar-refractivity contribution in [2.45, 2.75) is 6.92 Å². The highest BCUT2D eigenvalue weighted by Gasteiger charge is 2.09. The Balaban J connectivity index is 2.18. The molecule has 0 unspecified atom stereocenters. The van der Waals surface area contributed by atoms with Crippen LogP contribution < -0.4 is 4.74 Å². The van der Waals surface area contributed by atoms with E-state index in [1.807, 2.05) is 43.3 Å². The fourth-order valence-corrected chi connectivity index (χ4v) is 2.71. The molecule has 3 rings (SSSR count). The molecule has 0 aromatic heterocycles. The summed E-state index contributed by atoms with van der Waals surface area (Å²) in [6.45, 7) is 2.52. The Bertz CT molecular complexity index is 953. The molecule has 0 N–H and O–H groups in total. The molecule has 0 heterocycles. The van der Waals surface area contributed by atoms with Crippen LogP contribution in [-0.4, -0.2) is 6.61 Å². The number of ether oxygens (including phenoxy) is 1. The van der Waals surface area contributed by atoms with Crippen LogP contribution in [0.25, 0.3) is 22.4 Å². The smallest absolute Gasteiger partial charge is 0.131 e. The zero-order chi connectivity index (χ0) is 16.9. The van der Waals surface area contributed by atoms with Gasteiger partial charge in [-0.3, -0.25) is 0 Å². The average molecular weight is 317 g/mol. The van der Waals surface area contributed by atoms with Crippen LogP contribution in [0.2, 0.25) is 0 Å². The second kappa shape index (κ2) is 6.97. The summed E-state index contributed by atoms with van der Waals surface area (Å²) < 4.78 is 19.7. The van der Waals surface area contributed by atoms with Gasteiger partial charge < -0.3 is 4.74 Å². The van der Waals surface area contributed by atoms with Crippen molar-refractivity contribution in [2.75, 3.05) is 6.61 Å². The number of hydrogen-bond acceptors (Lipinski definition) is 2. The summed E-state index contributed by atoms with van der Waals surface area (Å²) >= 11 is 0. The SMILES string of the molecule is CCOc1ccc(C=C(C#N)c2ccccc2F)c2ccccc12. The molecule has 0 fully saturated rings. The van der Waals surface area contributed by atoms with Crippen LogP contribution in [-0.2, 0) is 0 Å². The van der Waals surface area contributed by atoms with Gasteiger partial charge in [-0.05, 0) is 36.1 Å². The Kier molecular flexibility index (Phi) is 4.58. The lowest BCUT2D eigenvalue weighted by Crippen LogP contribution is -1.93. The monoisotopic (exact) mass is 317 g/mol. The predicted octanol–water partition coefficient (Wildman–Crippen LogP) is 5.44. The van der Waals surface area contributed by atoms with Crippen molar-refractivity contribution >= 4 is 22.4 Å². The number of hydrogen-bond donors (Lipinski definition) is 0. The molecule has 3 heteroatoms. The number of allylic oxidation sites excluding steroid dienone is 1. The largest absolute Gasteiger partial charge is 0.493 e. The summed E-state index contributed by atoms with van der Waals surface area (Å²) in [7, 11) is 0. The minimum Gasteiger partial charge on any atom is -0.493 e. The molecule has 0 radical (unpaired) electrons. The van der Waals surface area contributed by atoms with Crippen LogP contribution in [0, 0.1) is 17.1 Å². The summed E-state index contributed by atoms with van der Waals surface area (Å²) in [6, 6.07) is 20.0. The van der Waals surface area contributed by atoms with Crippen LogP contribution in [0.1, 0.15) is 18.1 Å². The highest BCUT2D eigenvalue weighted by atomic mass is 19.1. The molecule has 24 heavy (non-hydrogen) atoms. The van der Waals surface area contributed by atoms with E-state index in [2.05, 4.69) is 6.07 Å². The first-order chi connectivity index (χ1) is 11.7. The van der Waals surface area contributed by atoms with E-state index in [4.69, 9.17) is 4.74 Å². The molecule has 0 aliphatic rings. The Morgan fingerprint density at radius 3 is 2.46 bits per heavy atom. The van der Waals surface area contributed by atoms with Crippen LogP contribution in [0.5, 0.6) is 5.75 Å². The molecule has 0 spiro atoms. The number of nitriles is 1. The lowest BCUT2D eigenvalue weighted by atomic mass is 9.99. The van der Waals surface area contributed by atoms with Crippen LogP contribution in [0.4, 0.5) is 4.39 Å². The van der Waals surface area contributed by atoms with E-state index in [1.165, 1.54) is 6.07 Å². The molecule has 3 aromatic carbocycles. The lowest BCUT2D eigenvalue weighted by Gasteiger charge is -2.10. The molecule has 3 aromatic rings. The maximum Gasteiger partial charge on any atom is 0.131 e. The molecule has 0 bridgehead atoms. The van der Waals surface area contributed by atoms with E-state index in [-0.39, 0.29) is 0 Å². The van der Waals surface area contributed by atoms with Crippen molar-refractivity contribution in [1.29, 1.82) is 5.26 Å². The van der Waals surface area contributed by atoms with E-state index in [0.29, 0.717) is 17.7 Å². The quantitative estimate of drug-likeness (QED) is 0.474. The van der Waals surface area contributed by atoms with E-state index in [0.717, 1.165) is 22.1 Å². The van der Waals surface area contributed by atoms with Gasteiger partial charge in [0.15, 0.2) is 0 Å². The minimum atomic E-state index is -0.402. The molecular weight excluding hydrogens is 301 g/mol. The molecule has 0 aliphatic carbocycles. The Morgan fingerprint density at radius 2 is 1.75 bits per heavy atom. The summed E-state index contributed by atoms with van der Waals surface area (Å²) in [6.07, 6.45) is 1.72. The second-order valence-corrected chi connectivity index (χ2v) is 5.28. The predicted molar refractivity (Wildman–Crippen MR) is 95.0 cm³/mol. The topological polar surface area (TPSA) is 33.0 Å². The Hall–Kier alpha value is -3.12. The van der Waals surface area contributed by atoms with Gasteiger partial charge in [-0.2, -0.15) is 5.26 Å². The lowest BCUT2D eigenvalue weighted by molar-refractivity contribution is 0.344. The zero-order valence-corrected chi connectivity index (χ0v) is 13.3. The summed E-state index contributed by atoms with van der Waals surface area (Å²) in [5.41, 5.74) is 1.45. The maximum absolute atomic E-state index is 14.0. The highest BCUT2D eigenvalue weighted by molar-refractivity contribution is 6.00. The molecule has 0 aliphatic heterocycles. The number of nitrogens with zero attached hydrogens (tertiary/aromatic N) is 1. The van der Waals surface area contributed by atoms with Crippen molar-refractivity contribution in [3.8, 4) is 11.8 Å². The van der Waals surface area contributed by atoms with Crippen LogP contribution in [0.3, 0.4) is 0 Å². The third-order valence-electron chi connectivity index (χ3n) is 3.80. The summed E-state index contributed by atoms with van der Waals surface area (Å²) in [5, 5.41) is 11.4. The van der Waals surface area contributed by atoms with E-state index < -0.39 is 5.82 Å². The van der Waals surface area contributed by atoms with Gasteiger partial charge in [0, 0.05) is 10.9 Å². The van der Waals surface area contributed by atoms with Gasteiger partial charge in [0.25, 0.3) is 0 Å². The van der Waals surface area contributed by atoms with Crippen molar-refractivity contribution < 1.29 is 9.13 Å². The molecule has 0 atom stereocenters. The highest BCUT2D eigenvalue weighted by Crippen LogP contribution is 2.31. The van der Waals surface area contributed by atoms with E-state index >= 15 is 0 Å². The van der Waals surface area contributed by atoms with Gasteiger partial charge in [0.2, 0.25) is 0 Å². The molecule has 0 saturated carbocycles. The number of halogens is 1. The van der Waals surface area contributed by atoms with E-state index in [1.54, 1.807) is 24.3 Å². The Labute approximate surface area is 140 Å². The van der Waals surface area contributed by atoms with Gasteiger partial charge in [-0.25, -0.2) is 4.39 Å². The van der Waals surface area contributed by atoms with Crippen molar-refractivity contribution in [3.05, 3.63) is 77.6 Å². The van der Waals surface area contributed by atoms with Gasteiger partial charge in [-0.15, -0.1) is 0 Å². The zero-order valence-electron chi connectivity index (χ0n) is 13.3. The first kappa shape index (κ1) is 15.8. The fraction of sp³-hybridized carbons (Fsp3) is 0.0952. The van der Waals surface area contributed by atoms with Crippen molar-refractivity contribution in [2.24, 2.45) is 0 Å². The van der Waals surface area contributed by atoms with Gasteiger partial charge in [-0.1, -0.05) is 48.5 Å². The van der Waals surface area contributed by atoms with E-state index in [9.17, 15) is 9.65 Å². The number of rotatable bonds is 4. The standard InChI is InChI=1S/C21H16FNO/c1-2-24-21-12-11-15(17-7-3-4-9-19(17)21)13-16(14-23)18-8-5-6-10-20(18)22/h3-13H,2H2,1H3. The van der Waals surface area contributed by atoms with Crippen molar-refractivity contribution in [3.63, 3.8) is 0 Å². The molecule has 0 saturated heterocycles. The third kappa shape index (κ3) is 3.00. The normalized spacial score (nSPS) is 11.3. The summed E-state index contributed by atoms with van der Waals surface area (Å²) in [4.78, 5) is 0. The van der Waals surface area contributed by atoms with Gasteiger partial charge >= 0.3 is 0 Å². The molecular formula is C21H16FNO. The summed E-state index contributed by atoms with van der Waals surface area (Å²) in [5.74, 6) is 0.398. The Morgan fingerprint density at radius 1 is 1.04 bits per heavy atom. The third-order valence-corrected chi connectivity index (χ3v) is 3.80. The second-order valence-electron chi connectivity index (χ2n) is 5.28. The fourth-order valence-electron chi connectivity index (χ4n) is 2.71. The van der Waals surface area contributed by atoms with Gasteiger partial charge in [0.05, 0.1) is 18.2 Å². The average Bonchev–Trinajstić information content (AvgIpc) is 2.62. The van der Waals surface area contributed by atoms with Crippen LogP contribution in [0.15, 0.2) is 60.7 Å². The number of benzene rings is 3. The first-order valence-electron chi connectivity index (χ1n) is 7.76. The van der Waals surface area contributed by atoms with Crippen LogP contribution >= 0.6 is 0 Å². The molecule has 2 nitrogen and oxygen atoms in total. The molecule has 0 amide bonds. The molecule has 118 valence electrons. The maximum atomic E-state index is 14.0. The first-order valence-corrected chi connectivity index (χ1v) is 7.76.